The highest BCUT2D eigenvalue weighted by molar-refractivity contribution is 5.31. The largest absolute Gasteiger partial charge is 0.0808 e. The fraction of sp³-hybridized carbons (Fsp3) is 0.667. The second-order valence-electron chi connectivity index (χ2n) is 4.30. The van der Waals surface area contributed by atoms with Crippen LogP contribution in [0.1, 0.15) is 34.6 Å². The molecular weight excluding hydrogens is 144 g/mol. The Balaban J connectivity index is 2.97. The van der Waals surface area contributed by atoms with Gasteiger partial charge in [-0.3, -0.25) is 0 Å². The van der Waals surface area contributed by atoms with Crippen LogP contribution in [0.5, 0.6) is 0 Å². The summed E-state index contributed by atoms with van der Waals surface area (Å²) in [4.78, 5) is 0. The molecule has 0 fully saturated rings. The van der Waals surface area contributed by atoms with E-state index in [9.17, 15) is 0 Å². The number of hydrogen-bond acceptors (Lipinski definition) is 0. The lowest BCUT2D eigenvalue weighted by Gasteiger charge is -2.28. The Kier molecular flexibility index (Phi) is 2.76. The van der Waals surface area contributed by atoms with Crippen molar-refractivity contribution in [1.82, 2.24) is 0 Å². The first-order valence-electron chi connectivity index (χ1n) is 4.93. The van der Waals surface area contributed by atoms with Crippen molar-refractivity contribution in [2.75, 3.05) is 0 Å². The van der Waals surface area contributed by atoms with Gasteiger partial charge in [0.15, 0.2) is 0 Å². The third-order valence-electron chi connectivity index (χ3n) is 3.01. The predicted molar refractivity (Wildman–Crippen MR) is 55.0 cm³/mol. The Hall–Kier alpha value is -0.520. The average Bonchev–Trinajstić information content (AvgIpc) is 1.97. The van der Waals surface area contributed by atoms with Gasteiger partial charge < -0.3 is 0 Å². The molecule has 1 rings (SSSR count). The summed E-state index contributed by atoms with van der Waals surface area (Å²) in [5.74, 6) is 2.15. The highest BCUT2D eigenvalue weighted by Crippen LogP contribution is 2.33. The molecule has 0 bridgehead atoms. The van der Waals surface area contributed by atoms with E-state index < -0.39 is 0 Å². The maximum Gasteiger partial charge on any atom is -0.0163 e. The minimum atomic E-state index is 0.701. The Bertz CT molecular complexity index is 218. The first kappa shape index (κ1) is 9.57. The van der Waals surface area contributed by atoms with Gasteiger partial charge in [0.1, 0.15) is 0 Å². The van der Waals surface area contributed by atoms with E-state index in [0.29, 0.717) is 11.8 Å². The Morgan fingerprint density at radius 1 is 1.25 bits per heavy atom. The van der Waals surface area contributed by atoms with Crippen LogP contribution in [0.4, 0.5) is 0 Å². The zero-order valence-corrected chi connectivity index (χ0v) is 8.89. The second kappa shape index (κ2) is 3.47. The van der Waals surface area contributed by atoms with Crippen molar-refractivity contribution in [3.63, 3.8) is 0 Å². The molecule has 0 spiro atoms. The molecule has 0 aromatic rings. The summed E-state index contributed by atoms with van der Waals surface area (Å²) in [5, 5.41) is 0. The SMILES string of the molecule is CC1=C(C(C)C)C(C)C(C)C=C1. The maximum atomic E-state index is 2.34. The summed E-state index contributed by atoms with van der Waals surface area (Å²) in [6, 6.07) is 0. The Labute approximate surface area is 76.4 Å². The van der Waals surface area contributed by atoms with Crippen LogP contribution in [0.15, 0.2) is 23.3 Å². The standard InChI is InChI=1S/C12H20/c1-8(2)12-10(4)7-6-9(3)11(12)5/h6-9,11H,1-5H3. The molecule has 2 unspecified atom stereocenters. The van der Waals surface area contributed by atoms with Crippen molar-refractivity contribution in [3.05, 3.63) is 23.3 Å². The van der Waals surface area contributed by atoms with Crippen LogP contribution in [0.25, 0.3) is 0 Å². The normalized spacial score (nSPS) is 30.2. The van der Waals surface area contributed by atoms with E-state index in [1.54, 1.807) is 5.57 Å². The fourth-order valence-electron chi connectivity index (χ4n) is 2.18. The van der Waals surface area contributed by atoms with E-state index in [4.69, 9.17) is 0 Å². The summed E-state index contributed by atoms with van der Waals surface area (Å²) in [6.07, 6.45) is 4.60. The lowest BCUT2D eigenvalue weighted by atomic mass is 9.77. The fourth-order valence-corrected chi connectivity index (χ4v) is 2.18. The molecule has 68 valence electrons. The van der Waals surface area contributed by atoms with E-state index in [-0.39, 0.29) is 0 Å². The van der Waals surface area contributed by atoms with Crippen molar-refractivity contribution in [2.45, 2.75) is 34.6 Å². The number of rotatable bonds is 1. The van der Waals surface area contributed by atoms with Crippen LogP contribution >= 0.6 is 0 Å². The van der Waals surface area contributed by atoms with Crippen molar-refractivity contribution >= 4 is 0 Å². The van der Waals surface area contributed by atoms with E-state index in [0.717, 1.165) is 5.92 Å². The highest BCUT2D eigenvalue weighted by Gasteiger charge is 2.21. The molecule has 0 N–H and O–H groups in total. The van der Waals surface area contributed by atoms with E-state index in [1.165, 1.54) is 5.57 Å². The lowest BCUT2D eigenvalue weighted by Crippen LogP contribution is -2.17. The first-order chi connectivity index (χ1) is 5.54. The zero-order valence-electron chi connectivity index (χ0n) is 8.89. The third-order valence-corrected chi connectivity index (χ3v) is 3.01. The molecule has 0 heterocycles. The molecular formula is C12H20. The van der Waals surface area contributed by atoms with E-state index in [1.807, 2.05) is 0 Å². The van der Waals surface area contributed by atoms with E-state index in [2.05, 4.69) is 46.8 Å². The maximum absolute atomic E-state index is 2.34. The van der Waals surface area contributed by atoms with Crippen LogP contribution in [-0.4, -0.2) is 0 Å². The lowest BCUT2D eigenvalue weighted by molar-refractivity contribution is 0.470. The van der Waals surface area contributed by atoms with Crippen molar-refractivity contribution in [1.29, 1.82) is 0 Å². The molecule has 1 aliphatic rings. The predicted octanol–water partition coefficient (Wildman–Crippen LogP) is 3.80. The van der Waals surface area contributed by atoms with Crippen LogP contribution in [-0.2, 0) is 0 Å². The minimum absolute atomic E-state index is 0.701. The van der Waals surface area contributed by atoms with Crippen molar-refractivity contribution < 1.29 is 0 Å². The van der Waals surface area contributed by atoms with Crippen LogP contribution in [0.2, 0.25) is 0 Å². The quantitative estimate of drug-likeness (QED) is 0.553. The Morgan fingerprint density at radius 2 is 1.83 bits per heavy atom. The summed E-state index contributed by atoms with van der Waals surface area (Å²) in [5.41, 5.74) is 3.13. The average molecular weight is 164 g/mol. The molecule has 0 saturated heterocycles. The molecule has 0 aromatic carbocycles. The van der Waals surface area contributed by atoms with Gasteiger partial charge in [0.2, 0.25) is 0 Å². The first-order valence-corrected chi connectivity index (χ1v) is 4.93. The summed E-state index contributed by atoms with van der Waals surface area (Å²) in [7, 11) is 0. The summed E-state index contributed by atoms with van der Waals surface area (Å²) in [6.45, 7) is 11.5. The third kappa shape index (κ3) is 1.63. The molecule has 0 nitrogen and oxygen atoms in total. The van der Waals surface area contributed by atoms with Gasteiger partial charge in [-0.1, -0.05) is 51.0 Å². The van der Waals surface area contributed by atoms with E-state index >= 15 is 0 Å². The molecule has 12 heavy (non-hydrogen) atoms. The van der Waals surface area contributed by atoms with Crippen LogP contribution < -0.4 is 0 Å². The smallest absolute Gasteiger partial charge is 0.0163 e. The van der Waals surface area contributed by atoms with Gasteiger partial charge >= 0.3 is 0 Å². The van der Waals surface area contributed by atoms with Gasteiger partial charge in [0.05, 0.1) is 0 Å². The van der Waals surface area contributed by atoms with Gasteiger partial charge in [0.25, 0.3) is 0 Å². The topological polar surface area (TPSA) is 0 Å². The van der Waals surface area contributed by atoms with Crippen molar-refractivity contribution in [3.8, 4) is 0 Å². The molecule has 0 radical (unpaired) electrons. The molecule has 0 saturated carbocycles. The van der Waals surface area contributed by atoms with Crippen LogP contribution in [0, 0.1) is 17.8 Å². The Morgan fingerprint density at radius 3 is 2.25 bits per heavy atom. The van der Waals surface area contributed by atoms with Gasteiger partial charge in [-0.15, -0.1) is 0 Å². The van der Waals surface area contributed by atoms with Gasteiger partial charge in [0, 0.05) is 0 Å². The van der Waals surface area contributed by atoms with Crippen molar-refractivity contribution in [2.24, 2.45) is 17.8 Å². The number of allylic oxidation sites excluding steroid dienone is 4. The molecule has 1 aliphatic carbocycles. The number of hydrogen-bond donors (Lipinski definition) is 0. The van der Waals surface area contributed by atoms with Gasteiger partial charge in [-0.2, -0.15) is 0 Å². The van der Waals surface area contributed by atoms with Gasteiger partial charge in [-0.25, -0.2) is 0 Å². The summed E-state index contributed by atoms with van der Waals surface area (Å²) >= 11 is 0. The molecule has 0 heteroatoms. The van der Waals surface area contributed by atoms with Crippen LogP contribution in [0.3, 0.4) is 0 Å². The zero-order chi connectivity index (χ0) is 9.30. The summed E-state index contributed by atoms with van der Waals surface area (Å²) < 4.78 is 0. The minimum Gasteiger partial charge on any atom is -0.0808 e. The van der Waals surface area contributed by atoms with Gasteiger partial charge in [-0.05, 0) is 24.7 Å². The molecule has 0 aliphatic heterocycles. The molecule has 0 aromatic heterocycles. The molecule has 2 atom stereocenters. The molecule has 0 amide bonds. The second-order valence-corrected chi connectivity index (χ2v) is 4.30. The monoisotopic (exact) mass is 164 g/mol. The highest BCUT2D eigenvalue weighted by atomic mass is 14.3.